The summed E-state index contributed by atoms with van der Waals surface area (Å²) < 4.78 is 10.2. The standard InChI is InChI=1S/C28H32N4O2S2/c1-20-16-25(21(2)32(20)18-23-10-6-14-34-23)26(33)19-36-28-30-29-27(17-24-11-7-15-35-24)31(28)13-12-22-8-4-3-5-9-22/h3-5,7-9,11,15-16,23H,6,10,12-14,17-19H2,1-2H3/t23-/m1/s1. The van der Waals surface area contributed by atoms with Crippen LogP contribution in [0.25, 0.3) is 0 Å². The van der Waals surface area contributed by atoms with Crippen LogP contribution in [0.3, 0.4) is 0 Å². The van der Waals surface area contributed by atoms with Crippen LogP contribution in [0.5, 0.6) is 0 Å². The van der Waals surface area contributed by atoms with Crippen molar-refractivity contribution in [1.29, 1.82) is 0 Å². The van der Waals surface area contributed by atoms with Gasteiger partial charge in [0.05, 0.1) is 11.9 Å². The second-order valence-corrected chi connectivity index (χ2v) is 11.3. The SMILES string of the molecule is Cc1cc(C(=O)CSc2nnc(Cc3cccs3)n2CCc2ccccc2)c(C)n1C[C@H]1CCCO1. The fourth-order valence-corrected chi connectivity index (χ4v) is 6.37. The number of rotatable bonds is 11. The van der Waals surface area contributed by atoms with Crippen molar-refractivity contribution in [1.82, 2.24) is 19.3 Å². The number of thioether (sulfide) groups is 1. The maximum Gasteiger partial charge on any atom is 0.191 e. The van der Waals surface area contributed by atoms with E-state index in [9.17, 15) is 4.79 Å². The Kier molecular flexibility index (Phi) is 8.04. The molecular weight excluding hydrogens is 488 g/mol. The number of benzene rings is 1. The van der Waals surface area contributed by atoms with Crippen molar-refractivity contribution < 1.29 is 9.53 Å². The summed E-state index contributed by atoms with van der Waals surface area (Å²) in [6, 6.07) is 16.7. The third-order valence-electron chi connectivity index (χ3n) is 6.79. The highest BCUT2D eigenvalue weighted by Crippen LogP contribution is 2.25. The number of ether oxygens (including phenoxy) is 1. The molecule has 1 saturated heterocycles. The molecule has 0 amide bonds. The van der Waals surface area contributed by atoms with Crippen molar-refractivity contribution in [2.75, 3.05) is 12.4 Å². The summed E-state index contributed by atoms with van der Waals surface area (Å²) >= 11 is 3.21. The second-order valence-electron chi connectivity index (χ2n) is 9.28. The van der Waals surface area contributed by atoms with E-state index in [1.165, 1.54) is 22.2 Å². The fraction of sp³-hybridized carbons (Fsp3) is 0.393. The third kappa shape index (κ3) is 5.82. The number of nitrogens with zero attached hydrogens (tertiary/aromatic N) is 4. The van der Waals surface area contributed by atoms with E-state index in [0.29, 0.717) is 5.75 Å². The van der Waals surface area contributed by atoms with Crippen molar-refractivity contribution in [3.8, 4) is 0 Å². The molecule has 0 saturated carbocycles. The summed E-state index contributed by atoms with van der Waals surface area (Å²) in [5, 5.41) is 11.9. The minimum Gasteiger partial charge on any atom is -0.376 e. The molecule has 0 unspecified atom stereocenters. The quantitative estimate of drug-likeness (QED) is 0.186. The van der Waals surface area contributed by atoms with Gasteiger partial charge in [-0.25, -0.2) is 0 Å². The first-order chi connectivity index (χ1) is 17.6. The normalized spacial score (nSPS) is 15.6. The van der Waals surface area contributed by atoms with Crippen LogP contribution >= 0.6 is 23.1 Å². The summed E-state index contributed by atoms with van der Waals surface area (Å²) in [7, 11) is 0. The zero-order chi connectivity index (χ0) is 24.9. The number of aryl methyl sites for hydroxylation is 2. The summed E-state index contributed by atoms with van der Waals surface area (Å²) in [5.74, 6) is 1.41. The van der Waals surface area contributed by atoms with Crippen LogP contribution in [0.15, 0.2) is 59.1 Å². The van der Waals surface area contributed by atoms with Crippen molar-refractivity contribution in [3.05, 3.63) is 87.1 Å². The Bertz CT molecular complexity index is 1290. The number of hydrogen-bond acceptors (Lipinski definition) is 6. The number of thiophene rings is 1. The first-order valence-corrected chi connectivity index (χ1v) is 14.4. The van der Waals surface area contributed by atoms with Crippen LogP contribution in [0, 0.1) is 13.8 Å². The van der Waals surface area contributed by atoms with Crippen LogP contribution in [-0.4, -0.2) is 43.6 Å². The maximum atomic E-state index is 13.3. The van der Waals surface area contributed by atoms with Crippen molar-refractivity contribution in [3.63, 3.8) is 0 Å². The Morgan fingerprint density at radius 2 is 2.00 bits per heavy atom. The van der Waals surface area contributed by atoms with Gasteiger partial charge >= 0.3 is 0 Å². The van der Waals surface area contributed by atoms with Gasteiger partial charge in [-0.2, -0.15) is 0 Å². The van der Waals surface area contributed by atoms with E-state index in [-0.39, 0.29) is 11.9 Å². The number of ketones is 1. The molecule has 1 aliphatic heterocycles. The molecule has 3 aromatic heterocycles. The third-order valence-corrected chi connectivity index (χ3v) is 8.63. The highest BCUT2D eigenvalue weighted by molar-refractivity contribution is 7.99. The van der Waals surface area contributed by atoms with Crippen molar-refractivity contribution in [2.45, 2.75) is 63.9 Å². The first-order valence-electron chi connectivity index (χ1n) is 12.5. The number of hydrogen-bond donors (Lipinski definition) is 0. The van der Waals surface area contributed by atoms with Gasteiger partial charge in [-0.3, -0.25) is 4.79 Å². The Labute approximate surface area is 220 Å². The van der Waals surface area contributed by atoms with Crippen LogP contribution in [0.2, 0.25) is 0 Å². The second kappa shape index (κ2) is 11.6. The molecule has 1 fully saturated rings. The smallest absolute Gasteiger partial charge is 0.191 e. The topological polar surface area (TPSA) is 61.9 Å². The van der Waals surface area contributed by atoms with E-state index < -0.39 is 0 Å². The Morgan fingerprint density at radius 3 is 2.75 bits per heavy atom. The fourth-order valence-electron chi connectivity index (χ4n) is 4.80. The lowest BCUT2D eigenvalue weighted by atomic mass is 10.1. The van der Waals surface area contributed by atoms with E-state index in [0.717, 1.165) is 73.3 Å². The predicted molar refractivity (Wildman–Crippen MR) is 145 cm³/mol. The van der Waals surface area contributed by atoms with Gasteiger partial charge in [0, 0.05) is 47.9 Å². The monoisotopic (exact) mass is 520 g/mol. The summed E-state index contributed by atoms with van der Waals surface area (Å²) in [5.41, 5.74) is 4.21. The molecule has 1 atom stereocenters. The van der Waals surface area contributed by atoms with Gasteiger partial charge in [0.2, 0.25) is 0 Å². The number of Topliss-reactive ketones (excluding diaryl/α,β-unsaturated/α-hetero) is 1. The lowest BCUT2D eigenvalue weighted by molar-refractivity contribution is 0.0957. The molecule has 1 aliphatic rings. The van der Waals surface area contributed by atoms with E-state index in [4.69, 9.17) is 4.74 Å². The molecule has 0 spiro atoms. The van der Waals surface area contributed by atoms with E-state index in [1.54, 1.807) is 11.3 Å². The minimum absolute atomic E-state index is 0.129. The Balaban J connectivity index is 1.30. The average molecular weight is 521 g/mol. The van der Waals surface area contributed by atoms with Gasteiger partial charge in [0.1, 0.15) is 5.82 Å². The Morgan fingerprint density at radius 1 is 1.14 bits per heavy atom. The zero-order valence-electron chi connectivity index (χ0n) is 20.9. The average Bonchev–Trinajstić information content (AvgIpc) is 3.69. The predicted octanol–water partition coefficient (Wildman–Crippen LogP) is 5.75. The molecule has 0 aliphatic carbocycles. The van der Waals surface area contributed by atoms with E-state index >= 15 is 0 Å². The highest BCUT2D eigenvalue weighted by Gasteiger charge is 2.22. The molecule has 0 radical (unpaired) electrons. The number of carbonyl (C=O) groups is 1. The lowest BCUT2D eigenvalue weighted by Gasteiger charge is -2.14. The summed E-state index contributed by atoms with van der Waals surface area (Å²) in [4.78, 5) is 14.5. The lowest BCUT2D eigenvalue weighted by Crippen LogP contribution is -2.17. The molecule has 6 nitrogen and oxygen atoms in total. The molecule has 36 heavy (non-hydrogen) atoms. The van der Waals surface area contributed by atoms with Crippen LogP contribution in [0.1, 0.15) is 50.9 Å². The van der Waals surface area contributed by atoms with Gasteiger partial charge in [-0.05, 0) is 56.2 Å². The van der Waals surface area contributed by atoms with Crippen molar-refractivity contribution >= 4 is 28.9 Å². The van der Waals surface area contributed by atoms with Crippen LogP contribution in [-0.2, 0) is 30.7 Å². The largest absolute Gasteiger partial charge is 0.376 e. The maximum absolute atomic E-state index is 13.3. The summed E-state index contributed by atoms with van der Waals surface area (Å²) in [6.45, 7) is 6.55. The molecule has 4 heterocycles. The minimum atomic E-state index is 0.129. The highest BCUT2D eigenvalue weighted by atomic mass is 32.2. The molecule has 188 valence electrons. The first kappa shape index (κ1) is 25.0. The molecule has 5 rings (SSSR count). The van der Waals surface area contributed by atoms with Gasteiger partial charge in [-0.15, -0.1) is 21.5 Å². The van der Waals surface area contributed by atoms with Crippen molar-refractivity contribution in [2.24, 2.45) is 0 Å². The van der Waals surface area contributed by atoms with Crippen LogP contribution < -0.4 is 0 Å². The Hall–Kier alpha value is -2.68. The molecule has 4 aromatic rings. The molecule has 0 bridgehead atoms. The van der Waals surface area contributed by atoms with Crippen LogP contribution in [0.4, 0.5) is 0 Å². The van der Waals surface area contributed by atoms with Gasteiger partial charge < -0.3 is 13.9 Å². The molecule has 0 N–H and O–H groups in total. The molecule has 1 aromatic carbocycles. The van der Waals surface area contributed by atoms with E-state index in [2.05, 4.69) is 68.0 Å². The van der Waals surface area contributed by atoms with Gasteiger partial charge in [0.25, 0.3) is 0 Å². The van der Waals surface area contributed by atoms with E-state index in [1.807, 2.05) is 19.1 Å². The van der Waals surface area contributed by atoms with Gasteiger partial charge in [-0.1, -0.05) is 48.2 Å². The summed E-state index contributed by atoms with van der Waals surface area (Å²) in [6.07, 6.45) is 4.09. The number of aromatic nitrogens is 4. The molecular formula is C28H32N4O2S2. The van der Waals surface area contributed by atoms with Gasteiger partial charge in [0.15, 0.2) is 10.9 Å². The number of carbonyl (C=O) groups excluding carboxylic acids is 1. The zero-order valence-corrected chi connectivity index (χ0v) is 22.5. The molecule has 8 heteroatoms.